The van der Waals surface area contributed by atoms with Gasteiger partial charge in [-0.1, -0.05) is 49.4 Å². The quantitative estimate of drug-likeness (QED) is 0.752. The lowest BCUT2D eigenvalue weighted by molar-refractivity contribution is -0.127. The summed E-state index contributed by atoms with van der Waals surface area (Å²) in [4.78, 5) is 14.4. The molecule has 1 amide bonds. The van der Waals surface area contributed by atoms with E-state index in [1.54, 1.807) is 0 Å². The molecule has 1 atom stereocenters. The van der Waals surface area contributed by atoms with Crippen molar-refractivity contribution in [2.45, 2.75) is 25.9 Å². The van der Waals surface area contributed by atoms with Crippen molar-refractivity contribution in [1.29, 1.82) is 0 Å². The fourth-order valence-corrected chi connectivity index (χ4v) is 3.25. The maximum absolute atomic E-state index is 12.4. The minimum atomic E-state index is -0.583. The minimum absolute atomic E-state index is 0.108. The Morgan fingerprint density at radius 3 is 2.63 bits per heavy atom. The molecule has 3 rings (SSSR count). The van der Waals surface area contributed by atoms with Gasteiger partial charge >= 0.3 is 0 Å². The van der Waals surface area contributed by atoms with Crippen molar-refractivity contribution in [2.75, 3.05) is 24.5 Å². The largest absolute Gasteiger partial charge is 0.477 e. The summed E-state index contributed by atoms with van der Waals surface area (Å²) in [6.07, 6.45) is 1.19. The average molecular weight is 384 g/mol. The third-order valence-electron chi connectivity index (χ3n) is 4.39. The molecule has 0 aliphatic carbocycles. The fraction of sp³-hybridized carbons (Fsp3) is 0.333. The highest BCUT2D eigenvalue weighted by Gasteiger charge is 2.32. The van der Waals surface area contributed by atoms with E-state index in [9.17, 15) is 4.79 Å². The van der Waals surface area contributed by atoms with E-state index < -0.39 is 6.10 Å². The van der Waals surface area contributed by atoms with Gasteiger partial charge in [0.15, 0.2) is 11.2 Å². The smallest absolute Gasteiger partial charge is 0.262 e. The minimum Gasteiger partial charge on any atom is -0.477 e. The molecular formula is C21H25N3O2S. The lowest BCUT2D eigenvalue weighted by atomic mass is 10.1. The van der Waals surface area contributed by atoms with Gasteiger partial charge in [-0.05, 0) is 42.8 Å². The summed E-state index contributed by atoms with van der Waals surface area (Å²) in [5, 5.41) is 6.82. The van der Waals surface area contributed by atoms with Crippen LogP contribution in [-0.2, 0) is 11.2 Å². The molecule has 0 radical (unpaired) electrons. The molecule has 0 unspecified atom stereocenters. The lowest BCUT2D eigenvalue weighted by Gasteiger charge is -2.35. The van der Waals surface area contributed by atoms with Crippen molar-refractivity contribution < 1.29 is 9.53 Å². The zero-order valence-electron chi connectivity index (χ0n) is 15.5. The second-order valence-corrected chi connectivity index (χ2v) is 6.83. The molecule has 2 aromatic rings. The van der Waals surface area contributed by atoms with Crippen molar-refractivity contribution in [3.63, 3.8) is 0 Å². The predicted octanol–water partition coefficient (Wildman–Crippen LogP) is 2.90. The van der Waals surface area contributed by atoms with E-state index in [4.69, 9.17) is 17.0 Å². The number of amides is 1. The predicted molar refractivity (Wildman–Crippen MR) is 112 cm³/mol. The summed E-state index contributed by atoms with van der Waals surface area (Å²) in [6, 6.07) is 17.9. The van der Waals surface area contributed by atoms with Crippen molar-refractivity contribution in [1.82, 2.24) is 10.6 Å². The van der Waals surface area contributed by atoms with Gasteiger partial charge in [-0.3, -0.25) is 4.79 Å². The Morgan fingerprint density at radius 2 is 1.85 bits per heavy atom. The van der Waals surface area contributed by atoms with Crippen LogP contribution in [0, 0.1) is 0 Å². The van der Waals surface area contributed by atoms with Gasteiger partial charge in [-0.2, -0.15) is 0 Å². The number of benzene rings is 2. The molecule has 0 spiro atoms. The number of anilines is 1. The van der Waals surface area contributed by atoms with Gasteiger partial charge in [-0.25, -0.2) is 0 Å². The maximum atomic E-state index is 12.4. The van der Waals surface area contributed by atoms with Gasteiger partial charge in [0.1, 0.15) is 5.75 Å². The summed E-state index contributed by atoms with van der Waals surface area (Å²) in [7, 11) is 0. The van der Waals surface area contributed by atoms with E-state index in [-0.39, 0.29) is 5.91 Å². The number of para-hydroxylation sites is 2. The molecule has 0 saturated heterocycles. The van der Waals surface area contributed by atoms with Crippen molar-refractivity contribution in [3.8, 4) is 5.75 Å². The van der Waals surface area contributed by atoms with Gasteiger partial charge in [0.05, 0.1) is 12.2 Å². The topological polar surface area (TPSA) is 53.6 Å². The summed E-state index contributed by atoms with van der Waals surface area (Å²) in [5.41, 5.74) is 2.14. The molecule has 0 aromatic heterocycles. The van der Waals surface area contributed by atoms with Crippen molar-refractivity contribution in [3.05, 3.63) is 60.2 Å². The first-order valence-electron chi connectivity index (χ1n) is 9.31. The van der Waals surface area contributed by atoms with Crippen LogP contribution in [0.1, 0.15) is 18.9 Å². The van der Waals surface area contributed by atoms with Crippen LogP contribution in [0.2, 0.25) is 0 Å². The van der Waals surface area contributed by atoms with Crippen LogP contribution in [0.3, 0.4) is 0 Å². The molecule has 1 aliphatic heterocycles. The third kappa shape index (κ3) is 4.98. The van der Waals surface area contributed by atoms with Crippen LogP contribution in [0.5, 0.6) is 5.75 Å². The Morgan fingerprint density at radius 1 is 1.11 bits per heavy atom. The number of ether oxygens (including phenoxy) is 1. The van der Waals surface area contributed by atoms with Crippen LogP contribution in [-0.4, -0.2) is 36.8 Å². The van der Waals surface area contributed by atoms with E-state index >= 15 is 0 Å². The van der Waals surface area contributed by atoms with E-state index in [0.717, 1.165) is 25.1 Å². The van der Waals surface area contributed by atoms with Crippen LogP contribution in [0.25, 0.3) is 0 Å². The lowest BCUT2D eigenvalue weighted by Crippen LogP contribution is -2.53. The van der Waals surface area contributed by atoms with Gasteiger partial charge in [0.2, 0.25) is 0 Å². The van der Waals surface area contributed by atoms with E-state index in [0.29, 0.717) is 24.0 Å². The number of hydrogen-bond acceptors (Lipinski definition) is 3. The van der Waals surface area contributed by atoms with Crippen LogP contribution in [0.15, 0.2) is 54.6 Å². The molecular weight excluding hydrogens is 358 g/mol. The first-order valence-corrected chi connectivity index (χ1v) is 9.72. The first-order chi connectivity index (χ1) is 13.2. The molecule has 1 aliphatic rings. The number of nitrogens with one attached hydrogen (secondary N) is 2. The molecule has 6 heteroatoms. The highest BCUT2D eigenvalue weighted by Crippen LogP contribution is 2.33. The Bertz CT molecular complexity index is 782. The third-order valence-corrected chi connectivity index (χ3v) is 4.76. The fourth-order valence-electron chi connectivity index (χ4n) is 2.98. The zero-order chi connectivity index (χ0) is 19.1. The summed E-state index contributed by atoms with van der Waals surface area (Å²) >= 11 is 5.62. The molecule has 0 fully saturated rings. The summed E-state index contributed by atoms with van der Waals surface area (Å²) in [5.74, 6) is 0.566. The molecule has 2 aromatic carbocycles. The summed E-state index contributed by atoms with van der Waals surface area (Å²) < 4.78 is 5.90. The Labute approximate surface area is 165 Å². The number of hydrogen-bond donors (Lipinski definition) is 2. The molecule has 142 valence electrons. The van der Waals surface area contributed by atoms with Gasteiger partial charge in [-0.15, -0.1) is 0 Å². The number of carbonyl (C=O) groups excluding carboxylic acids is 1. The number of rotatable bonds is 6. The molecule has 0 saturated carbocycles. The molecule has 1 heterocycles. The van der Waals surface area contributed by atoms with Crippen molar-refractivity contribution >= 4 is 28.9 Å². The molecule has 0 bridgehead atoms. The second kappa shape index (κ2) is 9.37. The Balaban J connectivity index is 1.66. The second-order valence-electron chi connectivity index (χ2n) is 6.44. The normalized spacial score (nSPS) is 15.4. The van der Waals surface area contributed by atoms with E-state index in [1.165, 1.54) is 5.56 Å². The highest BCUT2D eigenvalue weighted by atomic mass is 32.1. The van der Waals surface area contributed by atoms with Gasteiger partial charge in [0.25, 0.3) is 5.91 Å². The zero-order valence-corrected chi connectivity index (χ0v) is 16.3. The number of nitrogens with zero attached hydrogens (tertiary/aromatic N) is 1. The van der Waals surface area contributed by atoms with Crippen molar-refractivity contribution in [2.24, 2.45) is 0 Å². The standard InChI is InChI=1S/C21H25N3O2S/c1-2-13-22-20(25)19-15-24(17-10-6-7-11-18(17)26-19)21(27)23-14-12-16-8-4-3-5-9-16/h3-11,19H,2,12-15H2,1H3,(H,22,25)(H,23,27)/t19-/m1/s1. The first kappa shape index (κ1) is 19.2. The van der Waals surface area contributed by atoms with E-state index in [1.807, 2.05) is 54.3 Å². The van der Waals surface area contributed by atoms with Crippen LogP contribution >= 0.6 is 12.2 Å². The van der Waals surface area contributed by atoms with Crippen LogP contribution in [0.4, 0.5) is 5.69 Å². The van der Waals surface area contributed by atoms with E-state index in [2.05, 4.69) is 22.8 Å². The Kier molecular flexibility index (Phi) is 6.65. The monoisotopic (exact) mass is 383 g/mol. The Hall–Kier alpha value is -2.60. The number of thiocarbonyl (C=S) groups is 1. The molecule has 5 nitrogen and oxygen atoms in total. The van der Waals surface area contributed by atoms with Gasteiger partial charge in [0, 0.05) is 13.1 Å². The molecule has 2 N–H and O–H groups in total. The average Bonchev–Trinajstić information content (AvgIpc) is 2.71. The SMILES string of the molecule is CCCNC(=O)[C@H]1CN(C(=S)NCCc2ccccc2)c2ccccc2O1. The van der Waals surface area contributed by atoms with Crippen LogP contribution < -0.4 is 20.3 Å². The number of fused-ring (bicyclic) bond motifs is 1. The number of carbonyl (C=O) groups is 1. The maximum Gasteiger partial charge on any atom is 0.262 e. The highest BCUT2D eigenvalue weighted by molar-refractivity contribution is 7.80. The van der Waals surface area contributed by atoms with Gasteiger partial charge < -0.3 is 20.3 Å². The summed E-state index contributed by atoms with van der Waals surface area (Å²) in [6.45, 7) is 3.79. The molecule has 27 heavy (non-hydrogen) atoms.